The molecule has 1 heterocycles. The summed E-state index contributed by atoms with van der Waals surface area (Å²) in [5.74, 6) is 0.238. The second-order valence-electron chi connectivity index (χ2n) is 7.52. The van der Waals surface area contributed by atoms with Gasteiger partial charge in [-0.1, -0.05) is 29.3 Å². The quantitative estimate of drug-likeness (QED) is 0.480. The lowest BCUT2D eigenvalue weighted by Crippen LogP contribution is -2.43. The molecule has 32 heavy (non-hydrogen) atoms. The highest BCUT2D eigenvalue weighted by Crippen LogP contribution is 2.27. The average Bonchev–Trinajstić information content (AvgIpc) is 2.77. The highest BCUT2D eigenvalue weighted by molar-refractivity contribution is 6.35. The van der Waals surface area contributed by atoms with Crippen LogP contribution < -0.4 is 14.8 Å². The number of ether oxygens (including phenoxy) is 2. The molecule has 3 rings (SSSR count). The number of piperidine rings is 1. The molecular weight excluding hydrogens is 455 g/mol. The number of benzene rings is 2. The fourth-order valence-corrected chi connectivity index (χ4v) is 3.88. The van der Waals surface area contributed by atoms with Gasteiger partial charge in [0.25, 0.3) is 11.8 Å². The van der Waals surface area contributed by atoms with E-state index < -0.39 is 5.97 Å². The van der Waals surface area contributed by atoms with Crippen molar-refractivity contribution in [1.82, 2.24) is 10.2 Å². The summed E-state index contributed by atoms with van der Waals surface area (Å²) in [6.07, 6.45) is 1.56. The molecule has 2 aromatic carbocycles. The van der Waals surface area contributed by atoms with Gasteiger partial charge in [-0.2, -0.15) is 0 Å². The molecule has 170 valence electrons. The third-order valence-electron chi connectivity index (χ3n) is 5.12. The van der Waals surface area contributed by atoms with E-state index in [1.54, 1.807) is 41.3 Å². The molecule has 1 N–H and O–H groups in total. The highest BCUT2D eigenvalue weighted by Gasteiger charge is 2.23. The predicted molar refractivity (Wildman–Crippen MR) is 121 cm³/mol. The lowest BCUT2D eigenvalue weighted by atomic mass is 9.96. The number of hydrogen-bond donors (Lipinski definition) is 1. The van der Waals surface area contributed by atoms with Gasteiger partial charge in [-0.25, -0.2) is 0 Å². The van der Waals surface area contributed by atoms with Gasteiger partial charge in [0, 0.05) is 37.1 Å². The van der Waals surface area contributed by atoms with E-state index in [2.05, 4.69) is 5.32 Å². The number of amides is 2. The first-order chi connectivity index (χ1) is 15.3. The number of hydrogen-bond acceptors (Lipinski definition) is 5. The molecule has 7 nitrogen and oxygen atoms in total. The van der Waals surface area contributed by atoms with Gasteiger partial charge in [0.05, 0.1) is 5.02 Å². The van der Waals surface area contributed by atoms with E-state index >= 15 is 0 Å². The van der Waals surface area contributed by atoms with Crippen molar-refractivity contribution >= 4 is 41.0 Å². The molecule has 0 atom stereocenters. The van der Waals surface area contributed by atoms with E-state index in [0.717, 1.165) is 12.8 Å². The molecule has 1 fully saturated rings. The van der Waals surface area contributed by atoms with Crippen LogP contribution in [-0.2, 0) is 9.59 Å². The summed E-state index contributed by atoms with van der Waals surface area (Å²) in [6, 6.07) is 11.3. The topological polar surface area (TPSA) is 84.9 Å². The van der Waals surface area contributed by atoms with Gasteiger partial charge in [0.15, 0.2) is 6.61 Å². The lowest BCUT2D eigenvalue weighted by Gasteiger charge is -2.32. The first-order valence-electron chi connectivity index (χ1n) is 10.2. The van der Waals surface area contributed by atoms with Crippen LogP contribution in [-0.4, -0.2) is 48.9 Å². The normalized spacial score (nSPS) is 14.0. The second-order valence-corrected chi connectivity index (χ2v) is 8.36. The standard InChI is InChI=1S/C23H24Cl2N2O5/c1-15(28)32-19-4-2-3-17(11-19)23(30)26-13-16-7-9-27(10-8-16)22(29)14-31-21-6-5-18(24)12-20(21)25/h2-6,11-12,16H,7-10,13-14H2,1H3,(H,26,30). The molecule has 0 spiro atoms. The SMILES string of the molecule is CC(=O)Oc1cccc(C(=O)NCC2CCN(C(=O)COc3ccc(Cl)cc3Cl)CC2)c1. The van der Waals surface area contributed by atoms with Crippen LogP contribution in [0.15, 0.2) is 42.5 Å². The van der Waals surface area contributed by atoms with Gasteiger partial charge in [-0.05, 0) is 55.2 Å². The number of nitrogens with one attached hydrogen (secondary N) is 1. The summed E-state index contributed by atoms with van der Waals surface area (Å²) in [6.45, 7) is 2.91. The van der Waals surface area contributed by atoms with E-state index in [-0.39, 0.29) is 24.3 Å². The molecule has 2 amide bonds. The summed E-state index contributed by atoms with van der Waals surface area (Å²) < 4.78 is 10.5. The minimum absolute atomic E-state index is 0.0958. The predicted octanol–water partition coefficient (Wildman–Crippen LogP) is 3.97. The molecule has 0 aromatic heterocycles. The van der Waals surface area contributed by atoms with E-state index in [9.17, 15) is 14.4 Å². The molecule has 0 radical (unpaired) electrons. The Morgan fingerprint density at radius 1 is 1.09 bits per heavy atom. The largest absolute Gasteiger partial charge is 0.482 e. The first-order valence-corrected chi connectivity index (χ1v) is 11.0. The zero-order valence-electron chi connectivity index (χ0n) is 17.6. The first kappa shape index (κ1) is 23.9. The maximum atomic E-state index is 12.4. The Labute approximate surface area is 196 Å². The van der Waals surface area contributed by atoms with Gasteiger partial charge >= 0.3 is 5.97 Å². The van der Waals surface area contributed by atoms with Crippen molar-refractivity contribution < 1.29 is 23.9 Å². The molecule has 1 saturated heterocycles. The Balaban J connectivity index is 1.41. The Morgan fingerprint density at radius 2 is 1.84 bits per heavy atom. The number of carbonyl (C=O) groups is 3. The van der Waals surface area contributed by atoms with E-state index in [1.165, 1.54) is 13.0 Å². The third kappa shape index (κ3) is 6.87. The van der Waals surface area contributed by atoms with E-state index in [1.807, 2.05) is 0 Å². The summed E-state index contributed by atoms with van der Waals surface area (Å²) in [5, 5.41) is 3.78. The maximum absolute atomic E-state index is 12.4. The molecule has 1 aliphatic heterocycles. The van der Waals surface area contributed by atoms with Crippen molar-refractivity contribution in [2.45, 2.75) is 19.8 Å². The Kier molecular flexibility index (Phi) is 8.36. The lowest BCUT2D eigenvalue weighted by molar-refractivity contribution is -0.135. The smallest absolute Gasteiger partial charge is 0.308 e. The van der Waals surface area contributed by atoms with Crippen molar-refractivity contribution in [3.8, 4) is 11.5 Å². The summed E-state index contributed by atoms with van der Waals surface area (Å²) >= 11 is 11.9. The van der Waals surface area contributed by atoms with Crippen LogP contribution in [0.1, 0.15) is 30.1 Å². The second kappa shape index (κ2) is 11.2. The third-order valence-corrected chi connectivity index (χ3v) is 5.65. The molecule has 0 bridgehead atoms. The molecule has 0 unspecified atom stereocenters. The van der Waals surface area contributed by atoms with Crippen LogP contribution in [0.4, 0.5) is 0 Å². The Bertz CT molecular complexity index is 990. The van der Waals surface area contributed by atoms with Crippen LogP contribution >= 0.6 is 23.2 Å². The summed E-state index contributed by atoms with van der Waals surface area (Å²) in [4.78, 5) is 37.7. The van der Waals surface area contributed by atoms with Gasteiger partial charge < -0.3 is 19.7 Å². The van der Waals surface area contributed by atoms with Crippen molar-refractivity contribution in [3.63, 3.8) is 0 Å². The van der Waals surface area contributed by atoms with Crippen LogP contribution in [0.3, 0.4) is 0 Å². The molecule has 9 heteroatoms. The molecule has 2 aromatic rings. The number of likely N-dealkylation sites (tertiary alicyclic amines) is 1. The van der Waals surface area contributed by atoms with Gasteiger partial charge in [0.2, 0.25) is 0 Å². The van der Waals surface area contributed by atoms with Gasteiger partial charge in [0.1, 0.15) is 11.5 Å². The number of esters is 1. The minimum Gasteiger partial charge on any atom is -0.482 e. The van der Waals surface area contributed by atoms with Crippen molar-refractivity contribution in [3.05, 3.63) is 58.1 Å². The number of carbonyl (C=O) groups excluding carboxylic acids is 3. The van der Waals surface area contributed by atoms with Crippen LogP contribution in [0.5, 0.6) is 11.5 Å². The fraction of sp³-hybridized carbons (Fsp3) is 0.348. The monoisotopic (exact) mass is 478 g/mol. The molecule has 0 aliphatic carbocycles. The van der Waals surface area contributed by atoms with Crippen molar-refractivity contribution in [2.75, 3.05) is 26.2 Å². The van der Waals surface area contributed by atoms with Crippen LogP contribution in [0, 0.1) is 5.92 Å². The average molecular weight is 479 g/mol. The van der Waals surface area contributed by atoms with Crippen LogP contribution in [0.25, 0.3) is 0 Å². The Morgan fingerprint density at radius 3 is 2.53 bits per heavy atom. The van der Waals surface area contributed by atoms with Crippen LogP contribution in [0.2, 0.25) is 10.0 Å². The van der Waals surface area contributed by atoms with E-state index in [0.29, 0.717) is 46.7 Å². The number of rotatable bonds is 7. The Hall–Kier alpha value is -2.77. The van der Waals surface area contributed by atoms with Crippen molar-refractivity contribution in [1.29, 1.82) is 0 Å². The highest BCUT2D eigenvalue weighted by atomic mass is 35.5. The summed E-state index contributed by atoms with van der Waals surface area (Å²) in [5.41, 5.74) is 0.425. The zero-order chi connectivity index (χ0) is 23.1. The van der Waals surface area contributed by atoms with E-state index in [4.69, 9.17) is 32.7 Å². The molecule has 0 saturated carbocycles. The summed E-state index contributed by atoms with van der Waals surface area (Å²) in [7, 11) is 0. The minimum atomic E-state index is -0.439. The number of halogens is 2. The van der Waals surface area contributed by atoms with Crippen molar-refractivity contribution in [2.24, 2.45) is 5.92 Å². The fourth-order valence-electron chi connectivity index (χ4n) is 3.42. The zero-order valence-corrected chi connectivity index (χ0v) is 19.1. The molecular formula is C23H24Cl2N2O5. The number of nitrogens with zero attached hydrogens (tertiary/aromatic N) is 1. The maximum Gasteiger partial charge on any atom is 0.308 e. The van der Waals surface area contributed by atoms with Gasteiger partial charge in [-0.3, -0.25) is 14.4 Å². The van der Waals surface area contributed by atoms with Gasteiger partial charge in [-0.15, -0.1) is 0 Å². The molecule has 1 aliphatic rings.